The maximum Gasteiger partial charge on any atom is 0.180 e. The molecule has 128 valence electrons. The van der Waals surface area contributed by atoms with E-state index in [-0.39, 0.29) is 11.8 Å². The van der Waals surface area contributed by atoms with Gasteiger partial charge >= 0.3 is 0 Å². The minimum atomic E-state index is -3.32. The van der Waals surface area contributed by atoms with Gasteiger partial charge in [0.05, 0.1) is 16.7 Å². The molecule has 3 nitrogen and oxygen atoms in total. The van der Waals surface area contributed by atoms with E-state index >= 15 is 0 Å². The van der Waals surface area contributed by atoms with Crippen molar-refractivity contribution in [2.24, 2.45) is 0 Å². The summed E-state index contributed by atoms with van der Waals surface area (Å²) >= 11 is 0. The van der Waals surface area contributed by atoms with E-state index in [0.29, 0.717) is 4.90 Å². The molecule has 2 aromatic rings. The van der Waals surface area contributed by atoms with Crippen LogP contribution < -0.4 is 5.32 Å². The van der Waals surface area contributed by atoms with Crippen LogP contribution in [0.25, 0.3) is 0 Å². The summed E-state index contributed by atoms with van der Waals surface area (Å²) in [5.41, 5.74) is 1.57. The molecule has 1 N–H and O–H groups in total. The lowest BCUT2D eigenvalue weighted by Gasteiger charge is -2.35. The van der Waals surface area contributed by atoms with E-state index in [1.165, 1.54) is 0 Å². The lowest BCUT2D eigenvalue weighted by molar-refractivity contribution is 0.300. The van der Waals surface area contributed by atoms with Crippen molar-refractivity contribution in [2.75, 3.05) is 5.75 Å². The lowest BCUT2D eigenvalue weighted by Crippen LogP contribution is -2.50. The number of sulfone groups is 1. The largest absolute Gasteiger partial charge is 0.300 e. The molecule has 0 bridgehead atoms. The molecule has 2 atom stereocenters. The Balaban J connectivity index is 2.21. The Hall–Kier alpha value is -1.65. The maximum atomic E-state index is 13.1. The molecule has 2 aromatic carbocycles. The van der Waals surface area contributed by atoms with Gasteiger partial charge in [0.25, 0.3) is 0 Å². The fourth-order valence-corrected chi connectivity index (χ4v) is 5.93. The van der Waals surface area contributed by atoms with E-state index in [1.807, 2.05) is 36.4 Å². The van der Waals surface area contributed by atoms with E-state index in [1.54, 1.807) is 6.07 Å². The third-order valence-corrected chi connectivity index (χ3v) is 6.99. The summed E-state index contributed by atoms with van der Waals surface area (Å²) in [5.74, 6) is 0.157. The number of rotatable bonds is 4. The third kappa shape index (κ3) is 3.13. The number of nitrogens with one attached hydrogen (secondary N) is 1. The number of hydrogen-bond donors (Lipinski definition) is 1. The van der Waals surface area contributed by atoms with Gasteiger partial charge in [-0.15, -0.1) is 0 Å². The van der Waals surface area contributed by atoms with Crippen molar-refractivity contribution in [2.45, 2.75) is 49.6 Å². The Morgan fingerprint density at radius 1 is 1.04 bits per heavy atom. The molecule has 0 fully saturated rings. The van der Waals surface area contributed by atoms with Crippen LogP contribution >= 0.6 is 0 Å². The molecule has 0 spiro atoms. The zero-order valence-corrected chi connectivity index (χ0v) is 15.1. The Kier molecular flexibility index (Phi) is 4.79. The topological polar surface area (TPSA) is 46.2 Å². The molecule has 0 aromatic heterocycles. The van der Waals surface area contributed by atoms with Gasteiger partial charge in [-0.1, -0.05) is 68.8 Å². The average molecular weight is 343 g/mol. The van der Waals surface area contributed by atoms with Crippen LogP contribution in [-0.4, -0.2) is 19.7 Å². The van der Waals surface area contributed by atoms with E-state index in [0.717, 1.165) is 30.4 Å². The van der Waals surface area contributed by atoms with Gasteiger partial charge in [0.15, 0.2) is 9.84 Å². The minimum absolute atomic E-state index is 0.105. The average Bonchev–Trinajstić information content (AvgIpc) is 2.69. The Morgan fingerprint density at radius 2 is 1.71 bits per heavy atom. The fraction of sp³-hybridized carbons (Fsp3) is 0.400. The van der Waals surface area contributed by atoms with Gasteiger partial charge in [0.1, 0.15) is 0 Å². The molecule has 4 heteroatoms. The Labute approximate surface area is 145 Å². The van der Waals surface area contributed by atoms with Crippen LogP contribution in [0.4, 0.5) is 0 Å². The van der Waals surface area contributed by atoms with Crippen molar-refractivity contribution in [1.82, 2.24) is 5.32 Å². The second kappa shape index (κ2) is 6.69. The summed E-state index contributed by atoms with van der Waals surface area (Å²) < 4.78 is 26.2. The predicted octanol–water partition coefficient (Wildman–Crippen LogP) is 4.10. The van der Waals surface area contributed by atoms with Gasteiger partial charge in [0.2, 0.25) is 0 Å². The van der Waals surface area contributed by atoms with Crippen LogP contribution in [0, 0.1) is 0 Å². The second-order valence-corrected chi connectivity index (χ2v) is 8.63. The quantitative estimate of drug-likeness (QED) is 0.909. The zero-order chi connectivity index (χ0) is 17.2. The van der Waals surface area contributed by atoms with Crippen LogP contribution in [0.1, 0.15) is 50.3 Å². The molecule has 24 heavy (non-hydrogen) atoms. The van der Waals surface area contributed by atoms with Crippen molar-refractivity contribution in [3.63, 3.8) is 0 Å². The first-order valence-corrected chi connectivity index (χ1v) is 10.3. The molecule has 0 radical (unpaired) electrons. The highest BCUT2D eigenvalue weighted by molar-refractivity contribution is 7.91. The molecular formula is C20H25NO2S. The molecule has 0 saturated carbocycles. The first-order chi connectivity index (χ1) is 11.5. The van der Waals surface area contributed by atoms with E-state index in [2.05, 4.69) is 31.3 Å². The summed E-state index contributed by atoms with van der Waals surface area (Å²) in [7, 11) is -3.32. The van der Waals surface area contributed by atoms with Gasteiger partial charge in [0, 0.05) is 5.54 Å². The fourth-order valence-electron chi connectivity index (χ4n) is 3.78. The van der Waals surface area contributed by atoms with Crippen molar-refractivity contribution in [3.8, 4) is 0 Å². The van der Waals surface area contributed by atoms with Crippen LogP contribution in [0.5, 0.6) is 0 Å². The third-order valence-electron chi connectivity index (χ3n) is 5.02. The van der Waals surface area contributed by atoms with E-state index in [9.17, 15) is 8.42 Å². The molecular weight excluding hydrogens is 318 g/mol. The first-order valence-electron chi connectivity index (χ1n) is 8.66. The smallest absolute Gasteiger partial charge is 0.180 e. The zero-order valence-electron chi connectivity index (χ0n) is 14.3. The SMILES string of the molecule is CCCC1(CC)CS(=O)(=O)c2ccccc2C(c2ccccc2)N1. The molecule has 0 aliphatic carbocycles. The molecule has 3 rings (SSSR count). The van der Waals surface area contributed by atoms with Crippen LogP contribution in [0.15, 0.2) is 59.5 Å². The van der Waals surface area contributed by atoms with Gasteiger partial charge in [-0.2, -0.15) is 0 Å². The highest BCUT2D eigenvalue weighted by Crippen LogP contribution is 2.37. The Bertz CT molecular complexity index is 801. The number of hydrogen-bond acceptors (Lipinski definition) is 3. The molecule has 1 heterocycles. The van der Waals surface area contributed by atoms with Gasteiger partial charge in [-0.25, -0.2) is 8.42 Å². The van der Waals surface area contributed by atoms with Crippen molar-refractivity contribution in [3.05, 3.63) is 65.7 Å². The first kappa shape index (κ1) is 17.2. The van der Waals surface area contributed by atoms with Crippen LogP contribution in [-0.2, 0) is 9.84 Å². The van der Waals surface area contributed by atoms with Crippen molar-refractivity contribution < 1.29 is 8.42 Å². The summed E-state index contributed by atoms with van der Waals surface area (Å²) in [4.78, 5) is 0.470. The maximum absolute atomic E-state index is 13.1. The van der Waals surface area contributed by atoms with E-state index < -0.39 is 15.4 Å². The summed E-state index contributed by atoms with van der Waals surface area (Å²) in [6.45, 7) is 4.19. The number of benzene rings is 2. The molecule has 1 aliphatic heterocycles. The molecule has 0 amide bonds. The van der Waals surface area contributed by atoms with Gasteiger partial charge in [-0.05, 0) is 30.0 Å². The lowest BCUT2D eigenvalue weighted by atomic mass is 9.89. The summed E-state index contributed by atoms with van der Waals surface area (Å²) in [6.07, 6.45) is 2.59. The van der Waals surface area contributed by atoms with Gasteiger partial charge < -0.3 is 0 Å². The molecule has 0 saturated heterocycles. The second-order valence-electron chi connectivity index (χ2n) is 6.67. The highest BCUT2D eigenvalue weighted by atomic mass is 32.2. The number of fused-ring (bicyclic) bond motifs is 1. The van der Waals surface area contributed by atoms with Crippen LogP contribution in [0.2, 0.25) is 0 Å². The summed E-state index contributed by atoms with van der Waals surface area (Å²) in [6, 6.07) is 17.5. The van der Waals surface area contributed by atoms with E-state index in [4.69, 9.17) is 0 Å². The molecule has 2 unspecified atom stereocenters. The highest BCUT2D eigenvalue weighted by Gasteiger charge is 2.41. The van der Waals surface area contributed by atoms with Crippen LogP contribution in [0.3, 0.4) is 0 Å². The van der Waals surface area contributed by atoms with Crippen molar-refractivity contribution in [1.29, 1.82) is 0 Å². The Morgan fingerprint density at radius 3 is 2.38 bits per heavy atom. The summed E-state index contributed by atoms with van der Waals surface area (Å²) in [5, 5.41) is 3.73. The monoisotopic (exact) mass is 343 g/mol. The van der Waals surface area contributed by atoms with Crippen molar-refractivity contribution >= 4 is 9.84 Å². The standard InChI is InChI=1S/C20H25NO2S/c1-3-14-20(4-2)15-24(22,23)18-13-9-8-12-17(18)19(21-20)16-10-6-5-7-11-16/h5-13,19,21H,3-4,14-15H2,1-2H3. The van der Waals surface area contributed by atoms with Gasteiger partial charge in [-0.3, -0.25) is 5.32 Å². The molecule has 1 aliphatic rings. The normalized spacial score (nSPS) is 25.7. The predicted molar refractivity (Wildman–Crippen MR) is 97.8 cm³/mol. The minimum Gasteiger partial charge on any atom is -0.300 e.